The molecule has 0 radical (unpaired) electrons. The summed E-state index contributed by atoms with van der Waals surface area (Å²) in [5.41, 5.74) is 0.520. The van der Waals surface area contributed by atoms with Crippen LogP contribution in [-0.2, 0) is 4.74 Å². The Hall–Kier alpha value is -0.0800. The molecule has 0 atom stereocenters. The second kappa shape index (κ2) is 6.61. The summed E-state index contributed by atoms with van der Waals surface area (Å²) in [7, 11) is 1.99. The minimum Gasteiger partial charge on any atom is -0.380 e. The Balaban J connectivity index is 3.88. The molecule has 0 bridgehead atoms. The molecule has 0 aliphatic carbocycles. The van der Waals surface area contributed by atoms with Crippen molar-refractivity contribution in [3.63, 3.8) is 0 Å². The van der Waals surface area contributed by atoms with Crippen LogP contribution in [0.25, 0.3) is 0 Å². The number of nitrogens with one attached hydrogen (secondary N) is 1. The summed E-state index contributed by atoms with van der Waals surface area (Å²) >= 11 is 0. The van der Waals surface area contributed by atoms with Crippen LogP contribution in [0.5, 0.6) is 0 Å². The molecule has 0 saturated carbocycles. The van der Waals surface area contributed by atoms with Gasteiger partial charge in [0.25, 0.3) is 0 Å². The summed E-state index contributed by atoms with van der Waals surface area (Å²) in [6.45, 7) is 16.3. The van der Waals surface area contributed by atoms with Gasteiger partial charge in [-0.2, -0.15) is 0 Å². The largest absolute Gasteiger partial charge is 0.380 e. The van der Waals surface area contributed by atoms with Crippen LogP contribution in [0.3, 0.4) is 0 Å². The molecule has 98 valence electrons. The van der Waals surface area contributed by atoms with E-state index >= 15 is 0 Å². The van der Waals surface area contributed by atoms with Crippen molar-refractivity contribution in [2.45, 2.75) is 48.0 Å². The van der Waals surface area contributed by atoms with Crippen LogP contribution in [0, 0.1) is 16.7 Å². The van der Waals surface area contributed by atoms with Crippen molar-refractivity contribution in [1.29, 1.82) is 0 Å². The molecule has 2 heteroatoms. The van der Waals surface area contributed by atoms with E-state index in [1.54, 1.807) is 0 Å². The molecule has 0 fully saturated rings. The molecule has 0 spiro atoms. The van der Waals surface area contributed by atoms with Crippen molar-refractivity contribution >= 4 is 0 Å². The first kappa shape index (κ1) is 15.9. The molecule has 0 aromatic carbocycles. The Labute approximate surface area is 102 Å². The first-order valence-corrected chi connectivity index (χ1v) is 6.41. The summed E-state index contributed by atoms with van der Waals surface area (Å²) in [6.07, 6.45) is 1.22. The topological polar surface area (TPSA) is 21.3 Å². The highest BCUT2D eigenvalue weighted by atomic mass is 16.5. The highest BCUT2D eigenvalue weighted by molar-refractivity contribution is 4.73. The standard InChI is InChI=1S/C14H31NO/c1-12(2)8-13(3,4)10-16-11-14(5,6)9-15-7/h12,15H,8-11H2,1-7H3. The van der Waals surface area contributed by atoms with E-state index in [1.165, 1.54) is 6.42 Å². The lowest BCUT2D eigenvalue weighted by Gasteiger charge is -2.30. The molecule has 1 N–H and O–H groups in total. The van der Waals surface area contributed by atoms with Crippen molar-refractivity contribution in [2.24, 2.45) is 16.7 Å². The van der Waals surface area contributed by atoms with Gasteiger partial charge >= 0.3 is 0 Å². The van der Waals surface area contributed by atoms with Crippen molar-refractivity contribution in [3.8, 4) is 0 Å². The fourth-order valence-corrected chi connectivity index (χ4v) is 2.30. The van der Waals surface area contributed by atoms with Gasteiger partial charge in [-0.3, -0.25) is 0 Å². The summed E-state index contributed by atoms with van der Waals surface area (Å²) in [4.78, 5) is 0. The van der Waals surface area contributed by atoms with Gasteiger partial charge in [-0.15, -0.1) is 0 Å². The first-order chi connectivity index (χ1) is 7.18. The molecule has 0 aromatic heterocycles. The molecule has 0 unspecified atom stereocenters. The number of ether oxygens (including phenoxy) is 1. The van der Waals surface area contributed by atoms with Crippen LogP contribution >= 0.6 is 0 Å². The fraction of sp³-hybridized carbons (Fsp3) is 1.00. The van der Waals surface area contributed by atoms with E-state index in [9.17, 15) is 0 Å². The van der Waals surface area contributed by atoms with Crippen molar-refractivity contribution < 1.29 is 4.74 Å². The zero-order valence-corrected chi connectivity index (χ0v) is 12.3. The Morgan fingerprint density at radius 1 is 1.00 bits per heavy atom. The Bertz CT molecular complexity index is 185. The summed E-state index contributed by atoms with van der Waals surface area (Å²) < 4.78 is 5.88. The second-order valence-electron chi connectivity index (χ2n) is 6.95. The molecule has 0 amide bonds. The Morgan fingerprint density at radius 3 is 1.94 bits per heavy atom. The molecule has 0 rings (SSSR count). The zero-order valence-electron chi connectivity index (χ0n) is 12.3. The third kappa shape index (κ3) is 8.12. The van der Waals surface area contributed by atoms with Crippen LogP contribution in [0.2, 0.25) is 0 Å². The SMILES string of the molecule is CNCC(C)(C)COCC(C)(C)CC(C)C. The predicted octanol–water partition coefficient (Wildman–Crippen LogP) is 3.32. The summed E-state index contributed by atoms with van der Waals surface area (Å²) in [5, 5.41) is 3.21. The van der Waals surface area contributed by atoms with Crippen LogP contribution in [0.4, 0.5) is 0 Å². The van der Waals surface area contributed by atoms with E-state index in [2.05, 4.69) is 46.9 Å². The van der Waals surface area contributed by atoms with Crippen LogP contribution < -0.4 is 5.32 Å². The lowest BCUT2D eigenvalue weighted by Crippen LogP contribution is -2.33. The van der Waals surface area contributed by atoms with E-state index in [0.29, 0.717) is 5.41 Å². The van der Waals surface area contributed by atoms with E-state index in [-0.39, 0.29) is 5.41 Å². The average molecular weight is 229 g/mol. The predicted molar refractivity (Wildman–Crippen MR) is 71.8 cm³/mol. The Kier molecular flexibility index (Phi) is 6.57. The van der Waals surface area contributed by atoms with Gasteiger partial charge in [0.2, 0.25) is 0 Å². The molecule has 0 aliphatic rings. The van der Waals surface area contributed by atoms with Gasteiger partial charge in [0.1, 0.15) is 0 Å². The number of hydrogen-bond acceptors (Lipinski definition) is 2. The molecule has 0 aliphatic heterocycles. The molecule has 0 aromatic rings. The van der Waals surface area contributed by atoms with E-state index in [4.69, 9.17) is 4.74 Å². The average Bonchev–Trinajstić information content (AvgIpc) is 1.99. The minimum absolute atomic E-state index is 0.225. The fourth-order valence-electron chi connectivity index (χ4n) is 2.30. The molecule has 0 saturated heterocycles. The normalized spacial score (nSPS) is 13.5. The molecular weight excluding hydrogens is 198 g/mol. The highest BCUT2D eigenvalue weighted by Gasteiger charge is 2.22. The van der Waals surface area contributed by atoms with Crippen molar-refractivity contribution in [2.75, 3.05) is 26.8 Å². The zero-order chi connectivity index (χ0) is 12.8. The molecule has 16 heavy (non-hydrogen) atoms. The molecular formula is C14H31NO. The summed E-state index contributed by atoms with van der Waals surface area (Å²) in [6, 6.07) is 0. The van der Waals surface area contributed by atoms with Gasteiger partial charge < -0.3 is 10.1 Å². The minimum atomic E-state index is 0.225. The first-order valence-electron chi connectivity index (χ1n) is 6.41. The maximum Gasteiger partial charge on any atom is 0.0529 e. The summed E-state index contributed by atoms with van der Waals surface area (Å²) in [5.74, 6) is 0.740. The third-order valence-electron chi connectivity index (χ3n) is 2.60. The van der Waals surface area contributed by atoms with Gasteiger partial charge in [-0.25, -0.2) is 0 Å². The van der Waals surface area contributed by atoms with E-state index in [1.807, 2.05) is 7.05 Å². The van der Waals surface area contributed by atoms with E-state index < -0.39 is 0 Å². The smallest absolute Gasteiger partial charge is 0.0529 e. The molecule has 0 heterocycles. The van der Waals surface area contributed by atoms with Gasteiger partial charge in [0.05, 0.1) is 13.2 Å². The van der Waals surface area contributed by atoms with Gasteiger partial charge in [0, 0.05) is 12.0 Å². The molecule has 2 nitrogen and oxygen atoms in total. The lowest BCUT2D eigenvalue weighted by atomic mass is 9.85. The van der Waals surface area contributed by atoms with Gasteiger partial charge in [0.15, 0.2) is 0 Å². The van der Waals surface area contributed by atoms with Gasteiger partial charge in [-0.1, -0.05) is 41.5 Å². The quantitative estimate of drug-likeness (QED) is 0.689. The van der Waals surface area contributed by atoms with Crippen LogP contribution in [0.1, 0.15) is 48.0 Å². The van der Waals surface area contributed by atoms with Crippen molar-refractivity contribution in [1.82, 2.24) is 5.32 Å². The number of hydrogen-bond donors (Lipinski definition) is 1. The number of rotatable bonds is 8. The third-order valence-corrected chi connectivity index (χ3v) is 2.60. The van der Waals surface area contributed by atoms with Gasteiger partial charge in [-0.05, 0) is 24.8 Å². The van der Waals surface area contributed by atoms with Crippen molar-refractivity contribution in [3.05, 3.63) is 0 Å². The van der Waals surface area contributed by atoms with E-state index in [0.717, 1.165) is 25.7 Å². The second-order valence-corrected chi connectivity index (χ2v) is 6.95. The highest BCUT2D eigenvalue weighted by Crippen LogP contribution is 2.26. The monoisotopic (exact) mass is 229 g/mol. The maximum absolute atomic E-state index is 5.88. The van der Waals surface area contributed by atoms with Crippen LogP contribution in [-0.4, -0.2) is 26.8 Å². The lowest BCUT2D eigenvalue weighted by molar-refractivity contribution is 0.00915. The maximum atomic E-state index is 5.88. The van der Waals surface area contributed by atoms with Crippen LogP contribution in [0.15, 0.2) is 0 Å². The Morgan fingerprint density at radius 2 is 1.50 bits per heavy atom.